The van der Waals surface area contributed by atoms with Crippen LogP contribution in [0.15, 0.2) is 84.9 Å². The number of amides is 1. The first-order chi connectivity index (χ1) is 18.8. The number of carbonyl (C=O) groups excluding carboxylic acids is 1. The molecule has 0 fully saturated rings. The number of nitrogens with zero attached hydrogens (tertiary/aromatic N) is 2. The Kier molecular flexibility index (Phi) is 8.74. The van der Waals surface area contributed by atoms with Gasteiger partial charge in [0.05, 0.1) is 22.8 Å². The van der Waals surface area contributed by atoms with Gasteiger partial charge in [-0.15, -0.1) is 12.4 Å². The second-order valence-corrected chi connectivity index (χ2v) is 11.5. The van der Waals surface area contributed by atoms with E-state index in [4.69, 9.17) is 5.10 Å². The molecule has 2 heterocycles. The molecule has 0 bridgehead atoms. The minimum Gasteiger partial charge on any atom is -0.363 e. The molecule has 1 aliphatic heterocycles. The number of nitrogens with one attached hydrogen (secondary N) is 2. The Morgan fingerprint density at radius 3 is 2.17 bits per heavy atom. The van der Waals surface area contributed by atoms with Crippen LogP contribution in [0.2, 0.25) is 0 Å². The van der Waals surface area contributed by atoms with Gasteiger partial charge < -0.3 is 10.6 Å². The first-order valence-electron chi connectivity index (χ1n) is 14.1. The van der Waals surface area contributed by atoms with Crippen molar-refractivity contribution in [1.29, 1.82) is 0 Å². The Morgan fingerprint density at radius 2 is 1.57 bits per heavy atom. The second kappa shape index (κ2) is 11.9. The predicted molar refractivity (Wildman–Crippen MR) is 166 cm³/mol. The summed E-state index contributed by atoms with van der Waals surface area (Å²) in [7, 11) is 0. The van der Waals surface area contributed by atoms with Gasteiger partial charge in [0.2, 0.25) is 0 Å². The van der Waals surface area contributed by atoms with Crippen LogP contribution in [0, 0.1) is 6.92 Å². The van der Waals surface area contributed by atoms with E-state index in [0.717, 1.165) is 41.9 Å². The van der Waals surface area contributed by atoms with Crippen molar-refractivity contribution >= 4 is 24.1 Å². The molecule has 0 aliphatic carbocycles. The number of hydrogen-bond donors (Lipinski definition) is 2. The number of hydrogen-bond acceptors (Lipinski definition) is 3. The Hall–Kier alpha value is -3.57. The smallest absolute Gasteiger partial charge is 0.257 e. The molecule has 0 spiro atoms. The zero-order valence-corrected chi connectivity index (χ0v) is 25.0. The number of aromatic nitrogens is 2. The Balaban J connectivity index is 0.00000370. The molecule has 4 aromatic rings. The van der Waals surface area contributed by atoms with E-state index in [2.05, 4.69) is 106 Å². The molecule has 0 radical (unpaired) electrons. The third-order valence-electron chi connectivity index (χ3n) is 8.35. The minimum atomic E-state index is -0.466. The molecule has 2 N–H and O–H groups in total. The number of carbonyl (C=O) groups is 1. The number of fused-ring (bicyclic) bond motifs is 1. The molecule has 1 atom stereocenters. The zero-order valence-electron chi connectivity index (χ0n) is 24.2. The molecule has 1 amide bonds. The van der Waals surface area contributed by atoms with Crippen molar-refractivity contribution in [3.05, 3.63) is 118 Å². The molecule has 210 valence electrons. The van der Waals surface area contributed by atoms with Crippen molar-refractivity contribution in [2.45, 2.75) is 77.4 Å². The number of benzene rings is 3. The van der Waals surface area contributed by atoms with Gasteiger partial charge in [0.1, 0.15) is 11.4 Å². The van der Waals surface area contributed by atoms with Crippen LogP contribution in [0.5, 0.6) is 0 Å². The summed E-state index contributed by atoms with van der Waals surface area (Å²) in [6.45, 7) is 10.8. The second-order valence-electron chi connectivity index (χ2n) is 11.5. The number of rotatable bonds is 8. The Labute approximate surface area is 244 Å². The van der Waals surface area contributed by atoms with Crippen LogP contribution in [-0.4, -0.2) is 15.7 Å². The van der Waals surface area contributed by atoms with Crippen molar-refractivity contribution in [2.24, 2.45) is 0 Å². The van der Waals surface area contributed by atoms with Gasteiger partial charge in [0.25, 0.3) is 5.91 Å². The van der Waals surface area contributed by atoms with Crippen LogP contribution in [0.25, 0.3) is 0 Å². The maximum Gasteiger partial charge on any atom is 0.257 e. The van der Waals surface area contributed by atoms with Crippen LogP contribution >= 0.6 is 12.4 Å². The number of aryl methyl sites for hydroxylation is 1. The quantitative estimate of drug-likeness (QED) is 0.231. The highest BCUT2D eigenvalue weighted by Crippen LogP contribution is 2.42. The van der Waals surface area contributed by atoms with E-state index in [9.17, 15) is 4.79 Å². The first kappa shape index (κ1) is 29.4. The van der Waals surface area contributed by atoms with Crippen molar-refractivity contribution in [2.75, 3.05) is 5.32 Å². The lowest BCUT2D eigenvalue weighted by Crippen LogP contribution is -2.45. The summed E-state index contributed by atoms with van der Waals surface area (Å²) >= 11 is 0. The third-order valence-corrected chi connectivity index (χ3v) is 8.35. The van der Waals surface area contributed by atoms with Crippen LogP contribution in [-0.2, 0) is 17.5 Å². The molecule has 5 rings (SSSR count). The number of halogens is 1. The highest BCUT2D eigenvalue weighted by molar-refractivity contribution is 6.01. The summed E-state index contributed by atoms with van der Waals surface area (Å²) in [5.74, 6) is 0.719. The maximum atomic E-state index is 14.4. The monoisotopic (exact) mass is 556 g/mol. The van der Waals surface area contributed by atoms with E-state index >= 15 is 0 Å². The molecule has 40 heavy (non-hydrogen) atoms. The van der Waals surface area contributed by atoms with Gasteiger partial charge in [-0.2, -0.15) is 5.10 Å². The fourth-order valence-corrected chi connectivity index (χ4v) is 5.93. The van der Waals surface area contributed by atoms with Gasteiger partial charge in [-0.25, -0.2) is 4.68 Å². The van der Waals surface area contributed by atoms with Crippen LogP contribution in [0.1, 0.15) is 91.3 Å². The molecule has 1 unspecified atom stereocenters. The zero-order chi connectivity index (χ0) is 27.6. The lowest BCUT2D eigenvalue weighted by atomic mass is 9.84. The van der Waals surface area contributed by atoms with E-state index in [-0.39, 0.29) is 29.9 Å². The maximum absolute atomic E-state index is 14.4. The molecule has 6 heteroatoms. The molecule has 5 nitrogen and oxygen atoms in total. The molecule has 3 aromatic carbocycles. The van der Waals surface area contributed by atoms with Crippen LogP contribution < -0.4 is 10.6 Å². The fraction of sp³-hybridized carbons (Fsp3) is 0.353. The average molecular weight is 557 g/mol. The van der Waals surface area contributed by atoms with Gasteiger partial charge in [-0.05, 0) is 56.7 Å². The van der Waals surface area contributed by atoms with Crippen LogP contribution in [0.4, 0.5) is 5.82 Å². The standard InChI is InChI=1S/C34H40N4O.ClH/c1-6-34(7-2,27-20-18-24(3)19-21-27)36-32(39)30-28(22-25-14-10-8-11-15-25)37-38-31(30)35-29(23-33(38,4)5)26-16-12-9-13-17-26;/h8-21,29,35H,6-7,22-23H2,1-5H3,(H,36,39);1H. The molecule has 0 saturated carbocycles. The SMILES string of the molecule is CCC(CC)(NC(=O)c1c(Cc2ccccc2)nn2c1NC(c1ccccc1)CC2(C)C)c1ccc(C)cc1.Cl. The van der Waals surface area contributed by atoms with E-state index in [1.165, 1.54) is 11.1 Å². The molecule has 0 saturated heterocycles. The Morgan fingerprint density at radius 1 is 0.975 bits per heavy atom. The highest BCUT2D eigenvalue weighted by atomic mass is 35.5. The topological polar surface area (TPSA) is 59.0 Å². The van der Waals surface area contributed by atoms with Crippen molar-refractivity contribution in [1.82, 2.24) is 15.1 Å². The molecule has 1 aliphatic rings. The van der Waals surface area contributed by atoms with Crippen molar-refractivity contribution in [3.63, 3.8) is 0 Å². The van der Waals surface area contributed by atoms with E-state index in [1.807, 2.05) is 28.9 Å². The third kappa shape index (κ3) is 5.66. The van der Waals surface area contributed by atoms with Crippen molar-refractivity contribution in [3.8, 4) is 0 Å². The normalized spacial score (nSPS) is 15.9. The molecular weight excluding hydrogens is 516 g/mol. The minimum absolute atomic E-state index is 0. The fourth-order valence-electron chi connectivity index (χ4n) is 5.93. The van der Waals surface area contributed by atoms with Gasteiger partial charge in [-0.3, -0.25) is 4.79 Å². The molecule has 1 aromatic heterocycles. The largest absolute Gasteiger partial charge is 0.363 e. The van der Waals surface area contributed by atoms with Crippen LogP contribution in [0.3, 0.4) is 0 Å². The molecular formula is C34H41ClN4O. The summed E-state index contributed by atoms with van der Waals surface area (Å²) < 4.78 is 2.05. The summed E-state index contributed by atoms with van der Waals surface area (Å²) in [6.07, 6.45) is 3.05. The lowest BCUT2D eigenvalue weighted by Gasteiger charge is -2.38. The first-order valence-corrected chi connectivity index (χ1v) is 14.1. The van der Waals surface area contributed by atoms with E-state index < -0.39 is 5.54 Å². The van der Waals surface area contributed by atoms with E-state index in [1.54, 1.807) is 0 Å². The number of anilines is 1. The summed E-state index contributed by atoms with van der Waals surface area (Å²) in [5, 5.41) is 12.3. The van der Waals surface area contributed by atoms with Gasteiger partial charge >= 0.3 is 0 Å². The summed E-state index contributed by atoms with van der Waals surface area (Å²) in [5.41, 5.74) is 5.40. The van der Waals surface area contributed by atoms with Gasteiger partial charge in [0.15, 0.2) is 0 Å². The van der Waals surface area contributed by atoms with Gasteiger partial charge in [0, 0.05) is 6.42 Å². The van der Waals surface area contributed by atoms with Crippen molar-refractivity contribution < 1.29 is 4.79 Å². The summed E-state index contributed by atoms with van der Waals surface area (Å²) in [4.78, 5) is 14.4. The van der Waals surface area contributed by atoms with Gasteiger partial charge in [-0.1, -0.05) is 104 Å². The average Bonchev–Trinajstić information content (AvgIpc) is 3.32. The van der Waals surface area contributed by atoms with E-state index in [0.29, 0.717) is 12.0 Å². The predicted octanol–water partition coefficient (Wildman–Crippen LogP) is 7.94. The summed E-state index contributed by atoms with van der Waals surface area (Å²) in [6, 6.07) is 29.4. The Bertz CT molecular complexity index is 1420. The lowest BCUT2D eigenvalue weighted by molar-refractivity contribution is 0.0889. The highest BCUT2D eigenvalue weighted by Gasteiger charge is 2.40.